The Labute approximate surface area is 93.8 Å². The second-order valence-corrected chi connectivity index (χ2v) is 4.53. The lowest BCUT2D eigenvalue weighted by molar-refractivity contribution is -0.117. The molecule has 0 unspecified atom stereocenters. The molecule has 0 saturated carbocycles. The van der Waals surface area contributed by atoms with E-state index in [9.17, 15) is 4.79 Å². The fourth-order valence-electron chi connectivity index (χ4n) is 1.68. The van der Waals surface area contributed by atoms with E-state index < -0.39 is 0 Å². The highest BCUT2D eigenvalue weighted by Gasteiger charge is 2.21. The summed E-state index contributed by atoms with van der Waals surface area (Å²) in [5.41, 5.74) is 1.05. The molecule has 1 aromatic rings. The Morgan fingerprint density at radius 2 is 2.33 bits per heavy atom. The number of nitrogens with one attached hydrogen (secondary N) is 1. The van der Waals surface area contributed by atoms with Gasteiger partial charge in [-0.15, -0.1) is 11.8 Å². The Balaban J connectivity index is 2.25. The fourth-order valence-corrected chi connectivity index (χ4v) is 2.67. The fraction of sp³-hybridized carbons (Fsp3) is 0.364. The molecule has 1 heterocycles. The number of hydrogen-bond donors (Lipinski definition) is 1. The predicted molar refractivity (Wildman–Crippen MR) is 63.4 cm³/mol. The molecule has 0 spiro atoms. The zero-order valence-electron chi connectivity index (χ0n) is 8.69. The summed E-state index contributed by atoms with van der Waals surface area (Å²) in [6.07, 6.45) is 0. The first-order valence-corrected chi connectivity index (χ1v) is 5.98. The number of rotatable bonds is 2. The van der Waals surface area contributed by atoms with E-state index >= 15 is 0 Å². The maximum atomic E-state index is 11.8. The monoisotopic (exact) mass is 222 g/mol. The summed E-state index contributed by atoms with van der Waals surface area (Å²) >= 11 is 1.81. The maximum Gasteiger partial charge on any atom is 0.240 e. The first-order valence-electron chi connectivity index (χ1n) is 4.99. The van der Waals surface area contributed by atoms with E-state index in [2.05, 4.69) is 11.4 Å². The van der Waals surface area contributed by atoms with Gasteiger partial charge in [-0.1, -0.05) is 12.1 Å². The summed E-state index contributed by atoms with van der Waals surface area (Å²) < 4.78 is 0. The Hall–Kier alpha value is -1.00. The van der Waals surface area contributed by atoms with Crippen LogP contribution in [0.15, 0.2) is 29.2 Å². The zero-order chi connectivity index (χ0) is 10.7. The number of anilines is 1. The lowest BCUT2D eigenvalue weighted by Crippen LogP contribution is -2.40. The predicted octanol–water partition coefficient (Wildman–Crippen LogP) is 1.34. The number of hydrogen-bond acceptors (Lipinski definition) is 3. The van der Waals surface area contributed by atoms with Crippen LogP contribution in [0.5, 0.6) is 0 Å². The third-order valence-corrected chi connectivity index (χ3v) is 3.40. The van der Waals surface area contributed by atoms with Crippen molar-refractivity contribution in [2.24, 2.45) is 0 Å². The quantitative estimate of drug-likeness (QED) is 0.819. The largest absolute Gasteiger partial charge is 0.311 e. The molecular formula is C11H14N2OS. The average molecular weight is 222 g/mol. The summed E-state index contributed by atoms with van der Waals surface area (Å²) in [4.78, 5) is 14.9. The first-order chi connectivity index (χ1) is 7.33. The molecule has 4 heteroatoms. The molecule has 1 amide bonds. The van der Waals surface area contributed by atoms with E-state index in [-0.39, 0.29) is 5.91 Å². The van der Waals surface area contributed by atoms with Crippen molar-refractivity contribution in [1.82, 2.24) is 5.32 Å². The Bertz CT molecular complexity index is 367. The number of para-hydroxylation sites is 1. The summed E-state index contributed by atoms with van der Waals surface area (Å²) in [5, 5.41) is 2.90. The molecule has 0 bridgehead atoms. The molecule has 1 N–H and O–H groups in total. The minimum absolute atomic E-state index is 0.144. The van der Waals surface area contributed by atoms with Crippen LogP contribution in [-0.4, -0.2) is 31.8 Å². The molecule has 0 fully saturated rings. The number of carbonyl (C=O) groups is 1. The standard InChI is InChI=1S/C11H14N2OS/c1-12-8-11(14)13-6-7-15-10-5-3-2-4-9(10)13/h2-5,12H,6-8H2,1H3. The van der Waals surface area contributed by atoms with Crippen molar-refractivity contribution in [3.8, 4) is 0 Å². The Morgan fingerprint density at radius 3 is 3.13 bits per heavy atom. The third-order valence-electron chi connectivity index (χ3n) is 2.36. The van der Waals surface area contributed by atoms with Crippen molar-refractivity contribution in [2.75, 3.05) is 30.8 Å². The summed E-state index contributed by atoms with van der Waals surface area (Å²) in [6.45, 7) is 1.21. The van der Waals surface area contributed by atoms with Gasteiger partial charge in [0.15, 0.2) is 0 Å². The molecular weight excluding hydrogens is 208 g/mol. The minimum Gasteiger partial charge on any atom is -0.311 e. The van der Waals surface area contributed by atoms with Crippen LogP contribution in [0.3, 0.4) is 0 Å². The first kappa shape index (κ1) is 10.5. The van der Waals surface area contributed by atoms with Crippen LogP contribution in [0.1, 0.15) is 0 Å². The van der Waals surface area contributed by atoms with Crippen molar-refractivity contribution in [3.05, 3.63) is 24.3 Å². The molecule has 0 radical (unpaired) electrons. The van der Waals surface area contributed by atoms with E-state index in [0.29, 0.717) is 6.54 Å². The minimum atomic E-state index is 0.144. The van der Waals surface area contributed by atoms with Crippen molar-refractivity contribution in [2.45, 2.75) is 4.90 Å². The van der Waals surface area contributed by atoms with E-state index in [0.717, 1.165) is 18.0 Å². The molecule has 1 aromatic carbocycles. The molecule has 0 atom stereocenters. The Kier molecular flexibility index (Phi) is 3.28. The van der Waals surface area contributed by atoms with E-state index in [1.165, 1.54) is 4.90 Å². The van der Waals surface area contributed by atoms with Gasteiger partial charge in [0, 0.05) is 17.2 Å². The van der Waals surface area contributed by atoms with Gasteiger partial charge in [-0.2, -0.15) is 0 Å². The summed E-state index contributed by atoms with van der Waals surface area (Å²) in [6, 6.07) is 8.07. The topological polar surface area (TPSA) is 32.3 Å². The second kappa shape index (κ2) is 4.68. The molecule has 0 aromatic heterocycles. The number of nitrogens with zero attached hydrogens (tertiary/aromatic N) is 1. The normalized spacial score (nSPS) is 14.9. The summed E-state index contributed by atoms with van der Waals surface area (Å²) in [5.74, 6) is 1.12. The van der Waals surface area contributed by atoms with Gasteiger partial charge < -0.3 is 10.2 Å². The molecule has 15 heavy (non-hydrogen) atoms. The van der Waals surface area contributed by atoms with Gasteiger partial charge >= 0.3 is 0 Å². The van der Waals surface area contributed by atoms with Crippen molar-refractivity contribution in [1.29, 1.82) is 0 Å². The van der Waals surface area contributed by atoms with Crippen LogP contribution in [0.25, 0.3) is 0 Å². The van der Waals surface area contributed by atoms with Gasteiger partial charge in [0.1, 0.15) is 0 Å². The number of fused-ring (bicyclic) bond motifs is 1. The highest BCUT2D eigenvalue weighted by molar-refractivity contribution is 7.99. The van der Waals surface area contributed by atoms with Gasteiger partial charge in [0.25, 0.3) is 0 Å². The van der Waals surface area contributed by atoms with Crippen LogP contribution in [-0.2, 0) is 4.79 Å². The lowest BCUT2D eigenvalue weighted by Gasteiger charge is -2.28. The van der Waals surface area contributed by atoms with Crippen LogP contribution >= 0.6 is 11.8 Å². The van der Waals surface area contributed by atoms with Gasteiger partial charge in [0.05, 0.1) is 12.2 Å². The Morgan fingerprint density at radius 1 is 1.53 bits per heavy atom. The highest BCUT2D eigenvalue weighted by atomic mass is 32.2. The van der Waals surface area contributed by atoms with Crippen LogP contribution in [0.4, 0.5) is 5.69 Å². The van der Waals surface area contributed by atoms with Crippen LogP contribution < -0.4 is 10.2 Å². The lowest BCUT2D eigenvalue weighted by atomic mass is 10.2. The third kappa shape index (κ3) is 2.16. The molecule has 0 saturated heterocycles. The van der Waals surface area contributed by atoms with E-state index in [1.54, 1.807) is 7.05 Å². The van der Waals surface area contributed by atoms with Gasteiger partial charge in [-0.3, -0.25) is 4.79 Å². The van der Waals surface area contributed by atoms with Gasteiger partial charge in [-0.05, 0) is 19.2 Å². The number of amides is 1. The van der Waals surface area contributed by atoms with Crippen molar-refractivity contribution in [3.63, 3.8) is 0 Å². The van der Waals surface area contributed by atoms with Crippen molar-refractivity contribution >= 4 is 23.4 Å². The smallest absolute Gasteiger partial charge is 0.240 e. The highest BCUT2D eigenvalue weighted by Crippen LogP contribution is 2.34. The summed E-state index contributed by atoms with van der Waals surface area (Å²) in [7, 11) is 1.79. The second-order valence-electron chi connectivity index (χ2n) is 3.39. The zero-order valence-corrected chi connectivity index (χ0v) is 9.51. The number of benzene rings is 1. The molecule has 0 aliphatic carbocycles. The van der Waals surface area contributed by atoms with E-state index in [4.69, 9.17) is 0 Å². The van der Waals surface area contributed by atoms with Gasteiger partial charge in [0.2, 0.25) is 5.91 Å². The number of likely N-dealkylation sites (N-methyl/N-ethyl adjacent to an activating group) is 1. The van der Waals surface area contributed by atoms with Crippen LogP contribution in [0, 0.1) is 0 Å². The number of carbonyl (C=O) groups excluding carboxylic acids is 1. The molecule has 3 nitrogen and oxygen atoms in total. The van der Waals surface area contributed by atoms with Crippen molar-refractivity contribution < 1.29 is 4.79 Å². The maximum absolute atomic E-state index is 11.8. The number of thioether (sulfide) groups is 1. The SMILES string of the molecule is CNCC(=O)N1CCSc2ccccc21. The molecule has 1 aliphatic heterocycles. The van der Waals surface area contributed by atoms with Crippen LogP contribution in [0.2, 0.25) is 0 Å². The average Bonchev–Trinajstić information content (AvgIpc) is 2.28. The van der Waals surface area contributed by atoms with Gasteiger partial charge in [-0.25, -0.2) is 0 Å². The molecule has 80 valence electrons. The molecule has 1 aliphatic rings. The molecule has 2 rings (SSSR count). The van der Waals surface area contributed by atoms with E-state index in [1.807, 2.05) is 34.9 Å².